The summed E-state index contributed by atoms with van der Waals surface area (Å²) < 4.78 is 5.18. The van der Waals surface area contributed by atoms with E-state index < -0.39 is 0 Å². The lowest BCUT2D eigenvalue weighted by Crippen LogP contribution is -1.91. The van der Waals surface area contributed by atoms with Crippen LogP contribution in [0.25, 0.3) is 22.1 Å². The van der Waals surface area contributed by atoms with Gasteiger partial charge in [0.2, 0.25) is 0 Å². The van der Waals surface area contributed by atoms with Crippen molar-refractivity contribution < 1.29 is 4.52 Å². The van der Waals surface area contributed by atoms with Crippen molar-refractivity contribution in [2.45, 2.75) is 19.8 Å². The fraction of sp³-hybridized carbons (Fsp3) is 0.200. The molecule has 0 spiro atoms. The molecule has 19 heavy (non-hydrogen) atoms. The Labute approximate surface area is 111 Å². The number of nitrogen functional groups attached to an aromatic ring is 1. The summed E-state index contributed by atoms with van der Waals surface area (Å²) in [6.07, 6.45) is 3.80. The number of rotatable bonds is 2. The minimum absolute atomic E-state index is 0.393. The van der Waals surface area contributed by atoms with Gasteiger partial charge < -0.3 is 10.3 Å². The molecule has 3 rings (SSSR count). The van der Waals surface area contributed by atoms with Gasteiger partial charge in [-0.1, -0.05) is 31.1 Å². The van der Waals surface area contributed by atoms with E-state index in [0.29, 0.717) is 17.5 Å². The summed E-state index contributed by atoms with van der Waals surface area (Å²) in [6, 6.07) is 7.89. The highest BCUT2D eigenvalue weighted by molar-refractivity contribution is 5.88. The van der Waals surface area contributed by atoms with E-state index in [9.17, 15) is 0 Å². The van der Waals surface area contributed by atoms with E-state index in [-0.39, 0.29) is 0 Å². The van der Waals surface area contributed by atoms with E-state index in [0.717, 1.165) is 10.9 Å². The van der Waals surface area contributed by atoms with Gasteiger partial charge in [-0.3, -0.25) is 4.98 Å². The maximum absolute atomic E-state index is 5.58. The first-order valence-corrected chi connectivity index (χ1v) is 6.25. The Kier molecular flexibility index (Phi) is 2.71. The van der Waals surface area contributed by atoms with Crippen LogP contribution < -0.4 is 5.73 Å². The van der Waals surface area contributed by atoms with Gasteiger partial charge in [0.05, 0.1) is 0 Å². The maximum Gasteiger partial charge on any atom is 0.169 e. The second-order valence-electron chi connectivity index (χ2n) is 4.94. The molecule has 3 aromatic rings. The van der Waals surface area contributed by atoms with Crippen molar-refractivity contribution in [1.29, 1.82) is 0 Å². The van der Waals surface area contributed by atoms with Crippen molar-refractivity contribution in [2.75, 3.05) is 5.73 Å². The normalized spacial score (nSPS) is 11.3. The van der Waals surface area contributed by atoms with Crippen LogP contribution in [0, 0.1) is 0 Å². The van der Waals surface area contributed by atoms with E-state index in [4.69, 9.17) is 10.3 Å². The number of nitrogens with two attached hydrogens (primary N) is 1. The first kappa shape index (κ1) is 11.7. The van der Waals surface area contributed by atoms with E-state index in [1.807, 2.05) is 24.5 Å². The Hall–Kier alpha value is -2.36. The topological polar surface area (TPSA) is 64.9 Å². The lowest BCUT2D eigenvalue weighted by Gasteiger charge is -2.09. The first-order chi connectivity index (χ1) is 9.15. The van der Waals surface area contributed by atoms with Gasteiger partial charge in [0.1, 0.15) is 0 Å². The minimum Gasteiger partial charge on any atom is -0.381 e. The molecule has 1 aromatic carbocycles. The van der Waals surface area contributed by atoms with Crippen molar-refractivity contribution in [3.05, 3.63) is 42.2 Å². The van der Waals surface area contributed by atoms with Crippen LogP contribution in [0.15, 0.2) is 41.2 Å². The molecule has 96 valence electrons. The number of pyridine rings is 1. The molecule has 2 aromatic heterocycles. The average Bonchev–Trinajstić information content (AvgIpc) is 2.84. The molecule has 0 saturated heterocycles. The van der Waals surface area contributed by atoms with Crippen molar-refractivity contribution in [3.63, 3.8) is 0 Å². The summed E-state index contributed by atoms with van der Waals surface area (Å²) in [5.41, 5.74) is 7.78. The van der Waals surface area contributed by atoms with Gasteiger partial charge in [0.25, 0.3) is 0 Å². The monoisotopic (exact) mass is 253 g/mol. The van der Waals surface area contributed by atoms with Crippen molar-refractivity contribution in [1.82, 2.24) is 10.1 Å². The lowest BCUT2D eigenvalue weighted by molar-refractivity contribution is 0.436. The fourth-order valence-corrected chi connectivity index (χ4v) is 2.24. The minimum atomic E-state index is 0.393. The van der Waals surface area contributed by atoms with Crippen LogP contribution in [0.3, 0.4) is 0 Å². The number of anilines is 1. The largest absolute Gasteiger partial charge is 0.381 e. The highest BCUT2D eigenvalue weighted by atomic mass is 16.5. The van der Waals surface area contributed by atoms with Crippen LogP contribution >= 0.6 is 0 Å². The van der Waals surface area contributed by atoms with E-state index in [2.05, 4.69) is 30.1 Å². The molecular formula is C15H15N3O. The second kappa shape index (κ2) is 4.39. The Morgan fingerprint density at radius 2 is 2.00 bits per heavy atom. The molecule has 0 fully saturated rings. The molecule has 0 radical (unpaired) electrons. The fourth-order valence-electron chi connectivity index (χ4n) is 2.24. The average molecular weight is 253 g/mol. The van der Waals surface area contributed by atoms with Crippen LogP contribution in [0.2, 0.25) is 0 Å². The van der Waals surface area contributed by atoms with E-state index in [1.54, 1.807) is 6.07 Å². The molecular weight excluding hydrogens is 238 g/mol. The van der Waals surface area contributed by atoms with Crippen LogP contribution in [0.5, 0.6) is 0 Å². The summed E-state index contributed by atoms with van der Waals surface area (Å²) in [7, 11) is 0. The molecule has 2 heterocycles. The third kappa shape index (κ3) is 2.05. The zero-order valence-electron chi connectivity index (χ0n) is 10.9. The van der Waals surface area contributed by atoms with Gasteiger partial charge in [-0.05, 0) is 22.9 Å². The van der Waals surface area contributed by atoms with Gasteiger partial charge in [-0.25, -0.2) is 0 Å². The SMILES string of the molecule is CC(C)c1cncc2cc(-c3cc(N)no3)ccc12. The molecule has 4 heteroatoms. The Balaban J connectivity index is 2.17. The zero-order valence-corrected chi connectivity index (χ0v) is 10.9. The standard InChI is InChI=1S/C15H15N3O/c1-9(2)13-8-17-7-11-5-10(3-4-12(11)13)14-6-15(16)18-19-14/h3-9H,1-2H3,(H2,16,18). The summed E-state index contributed by atoms with van der Waals surface area (Å²) in [6.45, 7) is 4.34. The molecule has 0 amide bonds. The highest BCUT2D eigenvalue weighted by Crippen LogP contribution is 2.29. The number of hydrogen-bond acceptors (Lipinski definition) is 4. The number of benzene rings is 1. The second-order valence-corrected chi connectivity index (χ2v) is 4.94. The molecule has 0 aliphatic carbocycles. The molecule has 0 atom stereocenters. The van der Waals surface area contributed by atoms with Crippen molar-refractivity contribution >= 4 is 16.6 Å². The van der Waals surface area contributed by atoms with Crippen LogP contribution in [0.4, 0.5) is 5.82 Å². The van der Waals surface area contributed by atoms with Gasteiger partial charge in [0, 0.05) is 29.4 Å². The third-order valence-corrected chi connectivity index (χ3v) is 3.22. The zero-order chi connectivity index (χ0) is 13.4. The number of aromatic nitrogens is 2. The molecule has 2 N–H and O–H groups in total. The van der Waals surface area contributed by atoms with Crippen LogP contribution in [-0.4, -0.2) is 10.1 Å². The van der Waals surface area contributed by atoms with E-state index in [1.165, 1.54) is 10.9 Å². The predicted molar refractivity (Wildman–Crippen MR) is 75.7 cm³/mol. The van der Waals surface area contributed by atoms with Crippen molar-refractivity contribution in [2.24, 2.45) is 0 Å². The third-order valence-electron chi connectivity index (χ3n) is 3.22. The smallest absolute Gasteiger partial charge is 0.169 e. The summed E-state index contributed by atoms with van der Waals surface area (Å²) in [4.78, 5) is 4.30. The van der Waals surface area contributed by atoms with Crippen LogP contribution in [0.1, 0.15) is 25.3 Å². The lowest BCUT2D eigenvalue weighted by atomic mass is 9.97. The van der Waals surface area contributed by atoms with Gasteiger partial charge >= 0.3 is 0 Å². The van der Waals surface area contributed by atoms with Gasteiger partial charge in [0.15, 0.2) is 11.6 Å². The molecule has 0 bridgehead atoms. The number of fused-ring (bicyclic) bond motifs is 1. The Morgan fingerprint density at radius 1 is 1.16 bits per heavy atom. The first-order valence-electron chi connectivity index (χ1n) is 6.25. The molecule has 0 saturated carbocycles. The molecule has 4 nitrogen and oxygen atoms in total. The van der Waals surface area contributed by atoms with Crippen molar-refractivity contribution in [3.8, 4) is 11.3 Å². The summed E-state index contributed by atoms with van der Waals surface area (Å²) >= 11 is 0. The van der Waals surface area contributed by atoms with Crippen LogP contribution in [-0.2, 0) is 0 Å². The molecule has 0 unspecified atom stereocenters. The quantitative estimate of drug-likeness (QED) is 0.757. The number of hydrogen-bond donors (Lipinski definition) is 1. The Bertz CT molecular complexity index is 731. The Morgan fingerprint density at radius 3 is 2.68 bits per heavy atom. The maximum atomic E-state index is 5.58. The summed E-state index contributed by atoms with van der Waals surface area (Å²) in [5.74, 6) is 1.52. The molecule has 0 aliphatic heterocycles. The van der Waals surface area contributed by atoms with Gasteiger partial charge in [-0.15, -0.1) is 0 Å². The highest BCUT2D eigenvalue weighted by Gasteiger charge is 2.09. The predicted octanol–water partition coefficient (Wildman–Crippen LogP) is 3.60. The molecule has 0 aliphatic rings. The summed E-state index contributed by atoms with van der Waals surface area (Å²) in [5, 5.41) is 6.03. The van der Waals surface area contributed by atoms with E-state index >= 15 is 0 Å². The van der Waals surface area contributed by atoms with Gasteiger partial charge in [-0.2, -0.15) is 0 Å². The number of nitrogens with zero attached hydrogens (tertiary/aromatic N) is 2.